The van der Waals surface area contributed by atoms with Crippen LogP contribution >= 0.6 is 0 Å². The molecule has 0 unspecified atom stereocenters. The molecule has 94 valence electrons. The van der Waals surface area contributed by atoms with Crippen molar-refractivity contribution in [2.45, 2.75) is 71.1 Å². The maximum atomic E-state index is 10.1. The molecule has 2 nitrogen and oxygen atoms in total. The molecule has 0 aliphatic rings. The maximum Gasteiger partial charge on any atom is 1.00 e. The summed E-state index contributed by atoms with van der Waals surface area (Å²) in [5, 5.41) is 10.1. The van der Waals surface area contributed by atoms with Crippen LogP contribution in [-0.4, -0.2) is 5.97 Å². The summed E-state index contributed by atoms with van der Waals surface area (Å²) < 4.78 is 0. The van der Waals surface area contributed by atoms with Gasteiger partial charge in [0.05, 0.1) is 0 Å². The number of unbranched alkanes of at least 4 members (excludes halogenated alkanes) is 7. The molecule has 0 atom stereocenters. The Labute approximate surface area is 128 Å². The smallest absolute Gasteiger partial charge is 0.550 e. The predicted octanol–water partition coefficient (Wildman–Crippen LogP) is 0.217. The van der Waals surface area contributed by atoms with Crippen molar-refractivity contribution in [2.24, 2.45) is 0 Å². The molecule has 3 heteroatoms. The Morgan fingerprint density at radius 2 is 1.47 bits per heavy atom. The van der Waals surface area contributed by atoms with Crippen LogP contribution in [0.15, 0.2) is 12.2 Å². The van der Waals surface area contributed by atoms with Gasteiger partial charge in [-0.05, 0) is 32.1 Å². The van der Waals surface area contributed by atoms with Gasteiger partial charge in [0, 0.05) is 5.97 Å². The number of carbonyl (C=O) groups excluding carboxylic acids is 1. The minimum absolute atomic E-state index is 0. The third kappa shape index (κ3) is 18.8. The molecule has 0 aromatic heterocycles. The molecule has 17 heavy (non-hydrogen) atoms. The van der Waals surface area contributed by atoms with Gasteiger partial charge in [-0.3, -0.25) is 0 Å². The molecule has 0 bridgehead atoms. The third-order valence-electron chi connectivity index (χ3n) is 2.64. The first-order chi connectivity index (χ1) is 7.77. The van der Waals surface area contributed by atoms with Crippen LogP contribution in [0.2, 0.25) is 0 Å². The molecule has 0 aliphatic heterocycles. The summed E-state index contributed by atoms with van der Waals surface area (Å²) in [5.74, 6) is -0.918. The van der Waals surface area contributed by atoms with Crippen LogP contribution in [-0.2, 0) is 4.79 Å². The number of hydrogen-bond acceptors (Lipinski definition) is 2. The van der Waals surface area contributed by atoms with E-state index in [9.17, 15) is 9.90 Å². The summed E-state index contributed by atoms with van der Waals surface area (Å²) >= 11 is 0. The van der Waals surface area contributed by atoms with Crippen LogP contribution in [0.25, 0.3) is 0 Å². The molecule has 0 aromatic carbocycles. The van der Waals surface area contributed by atoms with Gasteiger partial charge >= 0.3 is 29.6 Å². The van der Waals surface area contributed by atoms with E-state index in [0.717, 1.165) is 19.3 Å². The molecule has 0 N–H and O–H groups in total. The number of hydrogen-bond donors (Lipinski definition) is 0. The van der Waals surface area contributed by atoms with E-state index in [2.05, 4.69) is 19.1 Å². The van der Waals surface area contributed by atoms with Gasteiger partial charge in [-0.25, -0.2) is 0 Å². The van der Waals surface area contributed by atoms with Crippen molar-refractivity contribution in [3.63, 3.8) is 0 Å². The first kappa shape index (κ1) is 19.5. The number of carboxylic acid groups (broad SMARTS) is 1. The standard InChI is InChI=1S/C14H26O2.Na/c1-2-3-4-5-6-7-8-9-10-11-12-13-14(15)16;/h5-6H,2-4,7-13H2,1H3,(H,15,16);/q;+1/p-1/b6-5+;. The van der Waals surface area contributed by atoms with Gasteiger partial charge in [0.25, 0.3) is 0 Å². The van der Waals surface area contributed by atoms with Crippen molar-refractivity contribution in [3.05, 3.63) is 12.2 Å². The van der Waals surface area contributed by atoms with Crippen LogP contribution in [0.5, 0.6) is 0 Å². The molecular weight excluding hydrogens is 223 g/mol. The Bertz CT molecular complexity index is 191. The van der Waals surface area contributed by atoms with E-state index in [0.29, 0.717) is 0 Å². The van der Waals surface area contributed by atoms with E-state index >= 15 is 0 Å². The molecule has 0 rings (SSSR count). The first-order valence-corrected chi connectivity index (χ1v) is 6.62. The topological polar surface area (TPSA) is 40.1 Å². The Balaban J connectivity index is 0. The van der Waals surface area contributed by atoms with Crippen LogP contribution < -0.4 is 34.7 Å². The fraction of sp³-hybridized carbons (Fsp3) is 0.786. The van der Waals surface area contributed by atoms with Gasteiger partial charge in [0.2, 0.25) is 0 Å². The van der Waals surface area contributed by atoms with Crippen molar-refractivity contribution in [1.29, 1.82) is 0 Å². The zero-order valence-corrected chi connectivity index (χ0v) is 13.5. The summed E-state index contributed by atoms with van der Waals surface area (Å²) in [6, 6.07) is 0. The normalized spacial score (nSPS) is 10.4. The van der Waals surface area contributed by atoms with Crippen LogP contribution in [0, 0.1) is 0 Å². The summed E-state index contributed by atoms with van der Waals surface area (Å²) in [5.41, 5.74) is 0. The van der Waals surface area contributed by atoms with E-state index < -0.39 is 5.97 Å². The maximum absolute atomic E-state index is 10.1. The molecule has 0 saturated carbocycles. The number of carboxylic acids is 1. The van der Waals surface area contributed by atoms with E-state index in [1.807, 2.05) is 0 Å². The minimum atomic E-state index is -0.918. The average Bonchev–Trinajstić information content (AvgIpc) is 2.25. The second-order valence-corrected chi connectivity index (χ2v) is 4.29. The number of carbonyl (C=O) groups is 1. The molecule has 0 aromatic rings. The molecule has 0 radical (unpaired) electrons. The average molecular weight is 248 g/mol. The Morgan fingerprint density at radius 1 is 0.941 bits per heavy atom. The summed E-state index contributed by atoms with van der Waals surface area (Å²) in [4.78, 5) is 10.1. The van der Waals surface area contributed by atoms with Gasteiger partial charge in [-0.2, -0.15) is 0 Å². The Kier molecular flexibility index (Phi) is 18.6. The molecule has 0 heterocycles. The van der Waals surface area contributed by atoms with E-state index in [1.165, 1.54) is 38.5 Å². The molecule has 0 aliphatic carbocycles. The zero-order chi connectivity index (χ0) is 12.1. The van der Waals surface area contributed by atoms with Crippen LogP contribution in [0.4, 0.5) is 0 Å². The summed E-state index contributed by atoms with van der Waals surface area (Å²) in [6.07, 6.45) is 15.1. The van der Waals surface area contributed by atoms with Crippen molar-refractivity contribution in [3.8, 4) is 0 Å². The number of allylic oxidation sites excluding steroid dienone is 2. The molecule has 0 saturated heterocycles. The Morgan fingerprint density at radius 3 is 2.06 bits per heavy atom. The quantitative estimate of drug-likeness (QED) is 0.298. The van der Waals surface area contributed by atoms with Crippen molar-refractivity contribution < 1.29 is 39.5 Å². The summed E-state index contributed by atoms with van der Waals surface area (Å²) in [6.45, 7) is 2.21. The first-order valence-electron chi connectivity index (χ1n) is 6.62. The van der Waals surface area contributed by atoms with E-state index in [-0.39, 0.29) is 36.0 Å². The molecule has 0 spiro atoms. The minimum Gasteiger partial charge on any atom is -0.550 e. The van der Waals surface area contributed by atoms with Crippen molar-refractivity contribution >= 4 is 5.97 Å². The van der Waals surface area contributed by atoms with Gasteiger partial charge in [0.1, 0.15) is 0 Å². The van der Waals surface area contributed by atoms with Crippen LogP contribution in [0.1, 0.15) is 71.1 Å². The monoisotopic (exact) mass is 248 g/mol. The molecular formula is C14H25NaO2. The predicted molar refractivity (Wildman–Crippen MR) is 66.0 cm³/mol. The second-order valence-electron chi connectivity index (χ2n) is 4.29. The SMILES string of the molecule is CCCC/C=C/CCCCCCCC(=O)[O-].[Na+]. The largest absolute Gasteiger partial charge is 1.00 e. The molecule has 0 fully saturated rings. The second kappa shape index (κ2) is 16.2. The fourth-order valence-electron chi connectivity index (χ4n) is 1.62. The third-order valence-corrected chi connectivity index (χ3v) is 2.64. The molecule has 0 amide bonds. The number of aliphatic carboxylic acids is 1. The van der Waals surface area contributed by atoms with Crippen LogP contribution in [0.3, 0.4) is 0 Å². The van der Waals surface area contributed by atoms with Crippen molar-refractivity contribution in [2.75, 3.05) is 0 Å². The van der Waals surface area contributed by atoms with Crippen molar-refractivity contribution in [1.82, 2.24) is 0 Å². The fourth-order valence-corrected chi connectivity index (χ4v) is 1.62. The van der Waals surface area contributed by atoms with Gasteiger partial charge < -0.3 is 9.90 Å². The van der Waals surface area contributed by atoms with Gasteiger partial charge in [0.15, 0.2) is 0 Å². The van der Waals surface area contributed by atoms with Gasteiger partial charge in [-0.1, -0.05) is 51.2 Å². The van der Waals surface area contributed by atoms with E-state index in [1.54, 1.807) is 0 Å². The number of rotatable bonds is 11. The summed E-state index contributed by atoms with van der Waals surface area (Å²) in [7, 11) is 0. The zero-order valence-electron chi connectivity index (χ0n) is 11.5. The van der Waals surface area contributed by atoms with E-state index in [4.69, 9.17) is 0 Å². The Hall–Kier alpha value is 0.210. The van der Waals surface area contributed by atoms with Gasteiger partial charge in [-0.15, -0.1) is 0 Å².